The molecule has 0 atom stereocenters. The first kappa shape index (κ1) is 36.4. The summed E-state index contributed by atoms with van der Waals surface area (Å²) in [6.07, 6.45) is 6.43. The molecule has 2 aromatic rings. The fraction of sp³-hybridized carbons (Fsp3) is 0.378. The topological polar surface area (TPSA) is 124 Å². The number of rotatable bonds is 12. The van der Waals surface area contributed by atoms with Crippen molar-refractivity contribution in [1.82, 2.24) is 0 Å². The van der Waals surface area contributed by atoms with Crippen molar-refractivity contribution in [1.29, 1.82) is 0 Å². The van der Waals surface area contributed by atoms with Gasteiger partial charge in [-0.25, -0.2) is 4.58 Å². The van der Waals surface area contributed by atoms with Crippen LogP contribution in [-0.4, -0.2) is 96.1 Å². The normalized spacial score (nSPS) is 14.1. The zero-order valence-electron chi connectivity index (χ0n) is 29.5. The molecule has 0 aromatic heterocycles. The van der Waals surface area contributed by atoms with Gasteiger partial charge in [-0.05, 0) is 63.8 Å². The maximum atomic E-state index is 12.9. The molecule has 0 N–H and O–H groups in total. The summed E-state index contributed by atoms with van der Waals surface area (Å²) in [4.78, 5) is 51.8. The van der Waals surface area contributed by atoms with Crippen molar-refractivity contribution in [2.45, 2.75) is 33.1 Å². The minimum Gasteiger partial charge on any atom is -0.495 e. The van der Waals surface area contributed by atoms with Crippen LogP contribution < -0.4 is 14.5 Å². The van der Waals surface area contributed by atoms with Gasteiger partial charge in [-0.2, -0.15) is 0 Å². The van der Waals surface area contributed by atoms with E-state index in [1.807, 2.05) is 40.3 Å². The van der Waals surface area contributed by atoms with Gasteiger partial charge in [0, 0.05) is 51.2 Å². The summed E-state index contributed by atoms with van der Waals surface area (Å²) in [5, 5.41) is 0. The SMILES string of the molecule is COc1ccc(C2=C3C=CC(=[N+](C)C)C=C3C(C)(C)c3cc(N(C)C)ccc32)cc1N(CC(=O)OCOC(C)=O)CC(=O)OCOC(C)=O. The van der Waals surface area contributed by atoms with Crippen LogP contribution in [0.3, 0.4) is 0 Å². The largest absolute Gasteiger partial charge is 0.495 e. The van der Waals surface area contributed by atoms with Crippen LogP contribution in [0.4, 0.5) is 11.4 Å². The molecule has 4 rings (SSSR count). The van der Waals surface area contributed by atoms with Crippen LogP contribution in [0.25, 0.3) is 5.57 Å². The lowest BCUT2D eigenvalue weighted by molar-refractivity contribution is -0.462. The Kier molecular flexibility index (Phi) is 11.3. The number of hydrogen-bond acceptors (Lipinski definition) is 11. The Bertz CT molecular complexity index is 1740. The number of benzene rings is 2. The van der Waals surface area contributed by atoms with Crippen LogP contribution in [0.5, 0.6) is 5.75 Å². The second-order valence-electron chi connectivity index (χ2n) is 12.5. The molecule has 0 saturated carbocycles. The van der Waals surface area contributed by atoms with E-state index in [1.165, 1.54) is 25.9 Å². The fourth-order valence-corrected chi connectivity index (χ4v) is 5.77. The lowest BCUT2D eigenvalue weighted by Gasteiger charge is -2.39. The van der Waals surface area contributed by atoms with E-state index >= 15 is 0 Å². The van der Waals surface area contributed by atoms with Crippen molar-refractivity contribution in [2.24, 2.45) is 0 Å². The predicted octanol–water partition coefficient (Wildman–Crippen LogP) is 4.00. The molecule has 0 fully saturated rings. The molecular formula is C37H44N3O9+. The number of anilines is 2. The minimum absolute atomic E-state index is 0.342. The highest BCUT2D eigenvalue weighted by Crippen LogP contribution is 2.51. The van der Waals surface area contributed by atoms with Crippen LogP contribution in [0, 0.1) is 0 Å². The molecule has 2 aliphatic rings. The van der Waals surface area contributed by atoms with Gasteiger partial charge in [-0.3, -0.25) is 19.2 Å². The van der Waals surface area contributed by atoms with Gasteiger partial charge in [0.25, 0.3) is 0 Å². The number of ether oxygens (including phenoxy) is 5. The number of methoxy groups -OCH3 is 1. The van der Waals surface area contributed by atoms with Crippen molar-refractivity contribution in [2.75, 3.05) is 71.8 Å². The van der Waals surface area contributed by atoms with E-state index in [9.17, 15) is 19.2 Å². The summed E-state index contributed by atoms with van der Waals surface area (Å²) < 4.78 is 27.5. The van der Waals surface area contributed by atoms with E-state index < -0.39 is 50.6 Å². The summed E-state index contributed by atoms with van der Waals surface area (Å²) in [7, 11) is 9.54. The van der Waals surface area contributed by atoms with Gasteiger partial charge in [0.15, 0.2) is 5.71 Å². The molecule has 0 amide bonds. The van der Waals surface area contributed by atoms with Gasteiger partial charge < -0.3 is 33.5 Å². The molecule has 2 aliphatic carbocycles. The molecule has 2 aromatic carbocycles. The first-order chi connectivity index (χ1) is 23.1. The molecule has 260 valence electrons. The Morgan fingerprint density at radius 1 is 0.816 bits per heavy atom. The number of hydrogen-bond donors (Lipinski definition) is 0. The second kappa shape index (κ2) is 15.2. The van der Waals surface area contributed by atoms with Crippen LogP contribution in [0.1, 0.15) is 44.4 Å². The number of fused-ring (bicyclic) bond motifs is 2. The lowest BCUT2D eigenvalue weighted by Crippen LogP contribution is -2.37. The van der Waals surface area contributed by atoms with Crippen molar-refractivity contribution < 1.29 is 47.4 Å². The first-order valence-corrected chi connectivity index (χ1v) is 15.7. The molecule has 49 heavy (non-hydrogen) atoms. The smallest absolute Gasteiger partial charge is 0.328 e. The predicted molar refractivity (Wildman–Crippen MR) is 185 cm³/mol. The summed E-state index contributed by atoms with van der Waals surface area (Å²) in [5.74, 6) is -2.38. The number of nitrogens with zero attached hydrogens (tertiary/aromatic N) is 3. The van der Waals surface area contributed by atoms with Gasteiger partial charge in [-0.1, -0.05) is 26.0 Å². The maximum Gasteiger partial charge on any atom is 0.328 e. The van der Waals surface area contributed by atoms with Gasteiger partial charge in [-0.15, -0.1) is 0 Å². The fourth-order valence-electron chi connectivity index (χ4n) is 5.77. The Hall–Kier alpha value is -5.39. The molecule has 0 bridgehead atoms. The van der Waals surface area contributed by atoms with E-state index in [0.717, 1.165) is 44.8 Å². The molecule has 0 heterocycles. The summed E-state index contributed by atoms with van der Waals surface area (Å²) in [5.41, 5.74) is 8.38. The average Bonchev–Trinajstić information content (AvgIpc) is 3.03. The average molecular weight is 675 g/mol. The highest BCUT2D eigenvalue weighted by Gasteiger charge is 2.39. The summed E-state index contributed by atoms with van der Waals surface area (Å²) in [6.45, 7) is 4.84. The zero-order chi connectivity index (χ0) is 36.0. The van der Waals surface area contributed by atoms with Crippen molar-refractivity contribution in [3.8, 4) is 5.75 Å². The summed E-state index contributed by atoms with van der Waals surface area (Å²) in [6, 6.07) is 12.0. The molecule has 12 nitrogen and oxygen atoms in total. The maximum absolute atomic E-state index is 12.9. The second-order valence-corrected chi connectivity index (χ2v) is 12.5. The molecule has 0 spiro atoms. The highest BCUT2D eigenvalue weighted by atomic mass is 16.7. The Morgan fingerprint density at radius 2 is 1.43 bits per heavy atom. The molecule has 0 radical (unpaired) electrons. The van der Waals surface area contributed by atoms with Crippen LogP contribution >= 0.6 is 0 Å². The first-order valence-electron chi connectivity index (χ1n) is 15.7. The molecule has 0 unspecified atom stereocenters. The van der Waals surface area contributed by atoms with E-state index in [2.05, 4.69) is 59.8 Å². The lowest BCUT2D eigenvalue weighted by atomic mass is 9.64. The minimum atomic E-state index is -0.767. The molecule has 12 heteroatoms. The Morgan fingerprint density at radius 3 is 1.96 bits per heavy atom. The zero-order valence-corrected chi connectivity index (χ0v) is 29.5. The third-order valence-electron chi connectivity index (χ3n) is 8.34. The molecule has 0 saturated heterocycles. The van der Waals surface area contributed by atoms with Gasteiger partial charge in [0.05, 0.1) is 12.8 Å². The van der Waals surface area contributed by atoms with E-state index in [0.29, 0.717) is 11.4 Å². The third kappa shape index (κ3) is 8.37. The highest BCUT2D eigenvalue weighted by molar-refractivity contribution is 6.07. The summed E-state index contributed by atoms with van der Waals surface area (Å²) >= 11 is 0. The van der Waals surface area contributed by atoms with Crippen molar-refractivity contribution >= 4 is 46.5 Å². The van der Waals surface area contributed by atoms with Crippen molar-refractivity contribution in [3.63, 3.8) is 0 Å². The van der Waals surface area contributed by atoms with Crippen molar-refractivity contribution in [3.05, 3.63) is 82.5 Å². The number of allylic oxidation sites excluding steroid dienone is 5. The van der Waals surface area contributed by atoms with E-state index in [4.69, 9.17) is 23.7 Å². The van der Waals surface area contributed by atoms with Gasteiger partial charge in [0.2, 0.25) is 13.6 Å². The molecular weight excluding hydrogens is 630 g/mol. The monoisotopic (exact) mass is 674 g/mol. The number of carbonyl (C=O) groups is 4. The van der Waals surface area contributed by atoms with Gasteiger partial charge in [0.1, 0.15) is 32.9 Å². The number of esters is 4. The van der Waals surface area contributed by atoms with Crippen LogP contribution in [0.15, 0.2) is 65.8 Å². The Labute approximate surface area is 286 Å². The van der Waals surface area contributed by atoms with Crippen LogP contribution in [-0.2, 0) is 43.5 Å². The van der Waals surface area contributed by atoms with Crippen LogP contribution in [0.2, 0.25) is 0 Å². The standard InChI is InChI=1S/C37H44N3O9/c1-23(41)46-21-48-34(43)19-40(20-35(44)49-22-47-24(2)42)32-16-25(10-15-33(32)45-9)36-28-13-11-26(38(5)6)17-30(28)37(3,4)31-18-27(39(7)8)12-14-29(31)36/h10-18H,19-22H2,1-9H3/q+1. The van der Waals surface area contributed by atoms with Gasteiger partial charge >= 0.3 is 23.9 Å². The molecule has 0 aliphatic heterocycles. The van der Waals surface area contributed by atoms with E-state index in [1.54, 1.807) is 6.07 Å². The third-order valence-corrected chi connectivity index (χ3v) is 8.34. The quantitative estimate of drug-likeness (QED) is 0.184. The Balaban J connectivity index is 1.88. The number of carbonyl (C=O) groups excluding carboxylic acids is 4. The van der Waals surface area contributed by atoms with E-state index in [-0.39, 0.29) is 5.41 Å².